The Morgan fingerprint density at radius 2 is 1.18 bits per heavy atom. The number of quaternary nitrogens is 1. The van der Waals surface area contributed by atoms with Crippen LogP contribution in [0.1, 0.15) is 162 Å². The van der Waals surface area contributed by atoms with Crippen molar-refractivity contribution in [3.63, 3.8) is 0 Å². The molecule has 3 atom stereocenters. The number of hydrogen-bond acceptors (Lipinski definition) is 5. The van der Waals surface area contributed by atoms with Gasteiger partial charge in [-0.3, -0.25) is 13.8 Å². The van der Waals surface area contributed by atoms with E-state index < -0.39 is 20.0 Å². The lowest BCUT2D eigenvalue weighted by molar-refractivity contribution is -0.870. The van der Waals surface area contributed by atoms with Crippen molar-refractivity contribution in [1.29, 1.82) is 0 Å². The number of phosphoric acid groups is 1. The van der Waals surface area contributed by atoms with Crippen molar-refractivity contribution in [2.75, 3.05) is 40.9 Å². The van der Waals surface area contributed by atoms with Crippen molar-refractivity contribution >= 4 is 13.7 Å². The molecule has 0 aromatic carbocycles. The first-order chi connectivity index (χ1) is 21.5. The number of aliphatic hydroxyl groups is 1. The van der Waals surface area contributed by atoms with E-state index in [2.05, 4.69) is 19.2 Å². The molecular weight excluding hydrogens is 587 g/mol. The minimum absolute atomic E-state index is 0.0633. The molecular formula is C36H74N2O6P+. The highest BCUT2D eigenvalue weighted by atomic mass is 31.2. The molecule has 1 amide bonds. The van der Waals surface area contributed by atoms with Gasteiger partial charge in [-0.2, -0.15) is 0 Å². The summed E-state index contributed by atoms with van der Waals surface area (Å²) in [7, 11) is 1.57. The summed E-state index contributed by atoms with van der Waals surface area (Å²) in [6.07, 6.45) is 30.3. The summed E-state index contributed by atoms with van der Waals surface area (Å²) in [6.45, 7) is 4.71. The summed E-state index contributed by atoms with van der Waals surface area (Å²) in [4.78, 5) is 22.7. The average Bonchev–Trinajstić information content (AvgIpc) is 2.97. The summed E-state index contributed by atoms with van der Waals surface area (Å²) in [6, 6.07) is -0.836. The van der Waals surface area contributed by atoms with Crippen LogP contribution in [0.3, 0.4) is 0 Å². The van der Waals surface area contributed by atoms with Crippen molar-refractivity contribution < 1.29 is 32.9 Å². The maximum absolute atomic E-state index is 12.6. The lowest BCUT2D eigenvalue weighted by Gasteiger charge is -2.25. The van der Waals surface area contributed by atoms with Crippen LogP contribution in [-0.2, 0) is 18.4 Å². The number of carbonyl (C=O) groups excluding carboxylic acids is 1. The molecule has 0 saturated carbocycles. The molecule has 0 aromatic heterocycles. The second kappa shape index (κ2) is 29.4. The van der Waals surface area contributed by atoms with Crippen molar-refractivity contribution in [3.05, 3.63) is 12.2 Å². The molecule has 0 aliphatic heterocycles. The number of hydrogen-bond donors (Lipinski definition) is 3. The van der Waals surface area contributed by atoms with E-state index in [0.717, 1.165) is 51.4 Å². The molecule has 0 fully saturated rings. The number of aliphatic hydroxyl groups excluding tert-OH is 1. The molecule has 3 unspecified atom stereocenters. The quantitative estimate of drug-likeness (QED) is 0.0280. The van der Waals surface area contributed by atoms with Crippen LogP contribution in [0.2, 0.25) is 0 Å². The second-order valence-corrected chi connectivity index (χ2v) is 15.4. The summed E-state index contributed by atoms with van der Waals surface area (Å²) >= 11 is 0. The van der Waals surface area contributed by atoms with Crippen molar-refractivity contribution in [3.8, 4) is 0 Å². The molecule has 8 nitrogen and oxygen atoms in total. The summed E-state index contributed by atoms with van der Waals surface area (Å²) < 4.78 is 23.3. The van der Waals surface area contributed by atoms with Gasteiger partial charge in [-0.15, -0.1) is 0 Å². The fourth-order valence-electron chi connectivity index (χ4n) is 5.22. The first-order valence-electron chi connectivity index (χ1n) is 18.6. The predicted octanol–water partition coefficient (Wildman–Crippen LogP) is 9.24. The van der Waals surface area contributed by atoms with Crippen LogP contribution in [0.15, 0.2) is 12.2 Å². The van der Waals surface area contributed by atoms with E-state index in [1.807, 2.05) is 27.2 Å². The molecule has 0 aromatic rings. The number of nitrogens with one attached hydrogen (secondary N) is 1. The third-order valence-electron chi connectivity index (χ3n) is 8.26. The van der Waals surface area contributed by atoms with E-state index in [1.165, 1.54) is 89.9 Å². The zero-order chi connectivity index (χ0) is 33.7. The highest BCUT2D eigenvalue weighted by Gasteiger charge is 2.27. The third kappa shape index (κ3) is 31.6. The lowest BCUT2D eigenvalue weighted by Crippen LogP contribution is -2.45. The van der Waals surface area contributed by atoms with Gasteiger partial charge < -0.3 is 19.8 Å². The molecule has 0 rings (SSSR count). The Morgan fingerprint density at radius 1 is 0.733 bits per heavy atom. The van der Waals surface area contributed by atoms with E-state index >= 15 is 0 Å². The number of likely N-dealkylation sites (N-methyl/N-ethyl adjacent to an activating group) is 1. The highest BCUT2D eigenvalue weighted by molar-refractivity contribution is 7.47. The lowest BCUT2D eigenvalue weighted by atomic mass is 10.0. The molecule has 0 spiro atoms. The highest BCUT2D eigenvalue weighted by Crippen LogP contribution is 2.43. The van der Waals surface area contributed by atoms with Gasteiger partial charge in [0.1, 0.15) is 13.2 Å². The molecule has 9 heteroatoms. The van der Waals surface area contributed by atoms with Crippen LogP contribution in [0.5, 0.6) is 0 Å². The van der Waals surface area contributed by atoms with E-state index in [0.29, 0.717) is 17.4 Å². The predicted molar refractivity (Wildman–Crippen MR) is 189 cm³/mol. The first kappa shape index (κ1) is 44.2. The molecule has 268 valence electrons. The van der Waals surface area contributed by atoms with Crippen LogP contribution in [0.4, 0.5) is 0 Å². The van der Waals surface area contributed by atoms with E-state index in [1.54, 1.807) is 6.08 Å². The van der Waals surface area contributed by atoms with Crippen LogP contribution in [0.25, 0.3) is 0 Å². The van der Waals surface area contributed by atoms with Crippen LogP contribution >= 0.6 is 7.82 Å². The fourth-order valence-corrected chi connectivity index (χ4v) is 5.95. The molecule has 0 aliphatic carbocycles. The average molecular weight is 662 g/mol. The van der Waals surface area contributed by atoms with Crippen molar-refractivity contribution in [2.45, 2.75) is 174 Å². The van der Waals surface area contributed by atoms with Crippen LogP contribution in [-0.4, -0.2) is 73.4 Å². The van der Waals surface area contributed by atoms with Gasteiger partial charge in [0.15, 0.2) is 0 Å². The van der Waals surface area contributed by atoms with Gasteiger partial charge in [-0.05, 0) is 19.3 Å². The Hall–Kier alpha value is -0.760. The standard InChI is InChI=1S/C36H73N2O6P/c1-6-8-10-12-13-14-15-16-17-18-19-20-21-22-23-24-26-27-29-35(39)34(37-36(40)30-28-25-11-9-7-2)33-44-45(41,42)43-32-31-38(3,4)5/h27,29,34-35,39H,6-26,28,30-33H2,1-5H3,(H-,37,40,41,42)/p+1/b29-27+. The molecule has 45 heavy (non-hydrogen) atoms. The molecule has 0 heterocycles. The van der Waals surface area contributed by atoms with Gasteiger partial charge in [-0.25, -0.2) is 4.57 Å². The van der Waals surface area contributed by atoms with Gasteiger partial charge in [0.25, 0.3) is 0 Å². The number of unbranched alkanes of at least 4 members (excludes halogenated alkanes) is 20. The number of nitrogens with zero attached hydrogens (tertiary/aromatic N) is 1. The molecule has 0 aliphatic rings. The fraction of sp³-hybridized carbons (Fsp3) is 0.917. The molecule has 0 bridgehead atoms. The Kier molecular flexibility index (Phi) is 28.9. The number of rotatable bonds is 33. The maximum atomic E-state index is 12.6. The topological polar surface area (TPSA) is 105 Å². The summed E-state index contributed by atoms with van der Waals surface area (Å²) in [5, 5.41) is 13.6. The van der Waals surface area contributed by atoms with Gasteiger partial charge in [0.2, 0.25) is 5.91 Å². The number of allylic oxidation sites excluding steroid dienone is 1. The molecule has 0 saturated heterocycles. The van der Waals surface area contributed by atoms with Gasteiger partial charge in [0.05, 0.1) is 39.9 Å². The second-order valence-electron chi connectivity index (χ2n) is 14.0. The molecule has 0 radical (unpaired) electrons. The number of phosphoric ester groups is 1. The minimum Gasteiger partial charge on any atom is -0.387 e. The van der Waals surface area contributed by atoms with Crippen molar-refractivity contribution in [1.82, 2.24) is 5.32 Å². The smallest absolute Gasteiger partial charge is 0.387 e. The Morgan fingerprint density at radius 3 is 1.64 bits per heavy atom. The first-order valence-corrected chi connectivity index (χ1v) is 20.1. The number of amides is 1. The van der Waals surface area contributed by atoms with Gasteiger partial charge >= 0.3 is 7.82 Å². The summed E-state index contributed by atoms with van der Waals surface area (Å²) in [5.74, 6) is -0.191. The monoisotopic (exact) mass is 662 g/mol. The molecule has 3 N–H and O–H groups in total. The Balaban J connectivity index is 4.33. The van der Waals surface area contributed by atoms with Crippen LogP contribution in [0, 0.1) is 0 Å². The maximum Gasteiger partial charge on any atom is 0.472 e. The van der Waals surface area contributed by atoms with Crippen LogP contribution < -0.4 is 5.32 Å². The Bertz CT molecular complexity index is 758. The normalized spacial score (nSPS) is 14.9. The van der Waals surface area contributed by atoms with E-state index in [-0.39, 0.29) is 19.1 Å². The van der Waals surface area contributed by atoms with Gasteiger partial charge in [-0.1, -0.05) is 148 Å². The summed E-state index contributed by atoms with van der Waals surface area (Å²) in [5.41, 5.74) is 0. The zero-order valence-corrected chi connectivity index (χ0v) is 31.0. The van der Waals surface area contributed by atoms with E-state index in [4.69, 9.17) is 9.05 Å². The van der Waals surface area contributed by atoms with Crippen molar-refractivity contribution in [2.24, 2.45) is 0 Å². The zero-order valence-electron chi connectivity index (χ0n) is 30.1. The number of carbonyl (C=O) groups is 1. The van der Waals surface area contributed by atoms with E-state index in [9.17, 15) is 19.4 Å². The third-order valence-corrected chi connectivity index (χ3v) is 9.24. The SMILES string of the molecule is CCCCCCCCCCCCCCCCCC/C=C/C(O)C(COP(=O)(O)OCC[N+](C)(C)C)NC(=O)CCCCCCC. The Labute approximate surface area is 278 Å². The van der Waals surface area contributed by atoms with Gasteiger partial charge in [0, 0.05) is 6.42 Å². The largest absolute Gasteiger partial charge is 0.472 e. The minimum atomic E-state index is -4.31.